The summed E-state index contributed by atoms with van der Waals surface area (Å²) < 4.78 is 11.7. The zero-order valence-electron chi connectivity index (χ0n) is 23.5. The summed E-state index contributed by atoms with van der Waals surface area (Å²) in [5.41, 5.74) is 5.12. The van der Waals surface area contributed by atoms with E-state index >= 15 is 0 Å². The van der Waals surface area contributed by atoms with E-state index in [4.69, 9.17) is 14.5 Å². The first-order valence-electron chi connectivity index (χ1n) is 14.3. The monoisotopic (exact) mass is 537 g/mol. The predicted molar refractivity (Wildman–Crippen MR) is 160 cm³/mol. The molecule has 0 radical (unpaired) electrons. The Labute approximate surface area is 237 Å². The molecule has 1 unspecified atom stereocenters. The van der Waals surface area contributed by atoms with Crippen LogP contribution >= 0.6 is 0 Å². The van der Waals surface area contributed by atoms with E-state index in [0.717, 1.165) is 65.6 Å². The number of likely N-dealkylation sites (tertiary alicyclic amines) is 1. The van der Waals surface area contributed by atoms with Crippen LogP contribution in [0.25, 0.3) is 22.2 Å². The molecule has 1 saturated heterocycles. The Kier molecular flexibility index (Phi) is 9.55. The van der Waals surface area contributed by atoms with Crippen LogP contribution in [0.4, 0.5) is 0 Å². The van der Waals surface area contributed by atoms with Crippen LogP contribution in [0.5, 0.6) is 0 Å². The van der Waals surface area contributed by atoms with Crippen molar-refractivity contribution in [3.05, 3.63) is 102 Å². The molecule has 1 aromatic heterocycles. The van der Waals surface area contributed by atoms with Gasteiger partial charge in [0, 0.05) is 36.2 Å². The van der Waals surface area contributed by atoms with E-state index in [1.54, 1.807) is 7.11 Å². The van der Waals surface area contributed by atoms with Gasteiger partial charge in [0.1, 0.15) is 0 Å². The van der Waals surface area contributed by atoms with E-state index in [0.29, 0.717) is 31.4 Å². The lowest BCUT2D eigenvalue weighted by Crippen LogP contribution is -2.35. The quantitative estimate of drug-likeness (QED) is 0.226. The third kappa shape index (κ3) is 6.41. The van der Waals surface area contributed by atoms with Gasteiger partial charge in [-0.1, -0.05) is 85.8 Å². The summed E-state index contributed by atoms with van der Waals surface area (Å²) in [5.74, 6) is -0.104. The summed E-state index contributed by atoms with van der Waals surface area (Å²) >= 11 is 0. The number of rotatable bonds is 12. The van der Waals surface area contributed by atoms with Crippen LogP contribution in [0.15, 0.2) is 84.9 Å². The summed E-state index contributed by atoms with van der Waals surface area (Å²) in [6.07, 6.45) is 3.05. The molecular formula is C34H39N3O3. The van der Waals surface area contributed by atoms with Gasteiger partial charge in [0.05, 0.1) is 42.6 Å². The van der Waals surface area contributed by atoms with Crippen LogP contribution in [-0.2, 0) is 16.1 Å². The Balaban J connectivity index is 1.51. The highest BCUT2D eigenvalue weighted by atomic mass is 16.5. The van der Waals surface area contributed by atoms with Crippen LogP contribution in [0.2, 0.25) is 0 Å². The maximum Gasteiger partial charge on any atom is 0.252 e. The molecular weight excluding hydrogens is 498 g/mol. The van der Waals surface area contributed by atoms with Gasteiger partial charge in [0.15, 0.2) is 0 Å². The number of ether oxygens (including phenoxy) is 2. The number of methoxy groups -OCH3 is 1. The van der Waals surface area contributed by atoms with Crippen molar-refractivity contribution < 1.29 is 14.3 Å². The maximum atomic E-state index is 14.2. The fourth-order valence-corrected chi connectivity index (χ4v) is 5.71. The minimum Gasteiger partial charge on any atom is -0.383 e. The molecule has 1 N–H and O–H groups in total. The van der Waals surface area contributed by atoms with Gasteiger partial charge in [-0.25, -0.2) is 4.98 Å². The Morgan fingerprint density at radius 3 is 2.50 bits per heavy atom. The van der Waals surface area contributed by atoms with Crippen LogP contribution in [0.3, 0.4) is 0 Å². The second-order valence-electron chi connectivity index (χ2n) is 10.4. The van der Waals surface area contributed by atoms with Gasteiger partial charge in [0.25, 0.3) is 5.91 Å². The highest BCUT2D eigenvalue weighted by molar-refractivity contribution is 6.09. The highest BCUT2D eigenvalue weighted by Crippen LogP contribution is 2.32. The van der Waals surface area contributed by atoms with Crippen molar-refractivity contribution in [3.63, 3.8) is 0 Å². The second-order valence-corrected chi connectivity index (χ2v) is 10.4. The van der Waals surface area contributed by atoms with Gasteiger partial charge in [-0.3, -0.25) is 9.69 Å². The van der Waals surface area contributed by atoms with Crippen molar-refractivity contribution in [2.75, 3.05) is 33.4 Å². The molecule has 5 rings (SSSR count). The first kappa shape index (κ1) is 28.0. The molecule has 1 aliphatic heterocycles. The van der Waals surface area contributed by atoms with Crippen molar-refractivity contribution in [1.29, 1.82) is 0 Å². The average molecular weight is 538 g/mol. The van der Waals surface area contributed by atoms with Gasteiger partial charge >= 0.3 is 0 Å². The van der Waals surface area contributed by atoms with Crippen molar-refractivity contribution in [2.24, 2.45) is 0 Å². The van der Waals surface area contributed by atoms with Gasteiger partial charge in [0.2, 0.25) is 0 Å². The number of carbonyl (C=O) groups excluding carboxylic acids is 1. The number of benzene rings is 3. The molecule has 4 aromatic rings. The SMILES string of the molecule is CC[C@H](NC(=O)c1c(COCC2CCCN2CCOC)c(-c2ccccc2)nc2ccccc12)c1ccccc1. The number of carbonyl (C=O) groups is 1. The van der Waals surface area contributed by atoms with Gasteiger partial charge in [-0.2, -0.15) is 0 Å². The minimum absolute atomic E-state index is 0.0950. The average Bonchev–Trinajstić information content (AvgIpc) is 3.46. The van der Waals surface area contributed by atoms with Gasteiger partial charge in [-0.05, 0) is 37.4 Å². The Bertz CT molecular complexity index is 1390. The topological polar surface area (TPSA) is 63.7 Å². The zero-order chi connectivity index (χ0) is 27.7. The smallest absolute Gasteiger partial charge is 0.252 e. The van der Waals surface area contributed by atoms with Crippen LogP contribution in [-0.4, -0.2) is 55.2 Å². The molecule has 0 spiro atoms. The normalized spacial score (nSPS) is 16.3. The molecule has 6 nitrogen and oxygen atoms in total. The first-order chi connectivity index (χ1) is 19.7. The molecule has 0 aliphatic carbocycles. The number of fused-ring (bicyclic) bond motifs is 1. The number of aromatic nitrogens is 1. The summed E-state index contributed by atoms with van der Waals surface area (Å²) in [6.45, 7) is 5.69. The number of para-hydroxylation sites is 1. The minimum atomic E-state index is -0.104. The van der Waals surface area contributed by atoms with E-state index in [2.05, 4.69) is 29.3 Å². The summed E-state index contributed by atoms with van der Waals surface area (Å²) in [5, 5.41) is 4.16. The lowest BCUT2D eigenvalue weighted by atomic mass is 9.95. The summed E-state index contributed by atoms with van der Waals surface area (Å²) in [4.78, 5) is 21.7. The van der Waals surface area contributed by atoms with E-state index in [1.807, 2.05) is 72.8 Å². The molecule has 3 aromatic carbocycles. The molecule has 40 heavy (non-hydrogen) atoms. The molecule has 208 valence electrons. The lowest BCUT2D eigenvalue weighted by Gasteiger charge is -2.25. The third-order valence-corrected chi connectivity index (χ3v) is 7.82. The van der Waals surface area contributed by atoms with E-state index < -0.39 is 0 Å². The van der Waals surface area contributed by atoms with E-state index in [1.165, 1.54) is 0 Å². The molecule has 0 saturated carbocycles. The molecule has 1 aliphatic rings. The third-order valence-electron chi connectivity index (χ3n) is 7.82. The highest BCUT2D eigenvalue weighted by Gasteiger charge is 2.27. The largest absolute Gasteiger partial charge is 0.383 e. The fourth-order valence-electron chi connectivity index (χ4n) is 5.71. The number of nitrogens with one attached hydrogen (secondary N) is 1. The number of pyridine rings is 1. The van der Waals surface area contributed by atoms with Gasteiger partial charge < -0.3 is 14.8 Å². The van der Waals surface area contributed by atoms with E-state index in [-0.39, 0.29) is 11.9 Å². The van der Waals surface area contributed by atoms with Crippen LogP contribution in [0, 0.1) is 0 Å². The molecule has 0 bridgehead atoms. The standard InChI is InChI=1S/C34H39N3O3/c1-3-30(25-13-6-4-7-14-25)36-34(38)32-28-18-10-11-19-31(28)35-33(26-15-8-5-9-16-26)29(32)24-40-23-27-17-12-20-37(27)21-22-39-2/h4-11,13-16,18-19,27,30H,3,12,17,20-24H2,1-2H3,(H,36,38)/t27?,30-/m0/s1. The number of nitrogens with zero attached hydrogens (tertiary/aromatic N) is 2. The first-order valence-corrected chi connectivity index (χ1v) is 14.3. The van der Waals surface area contributed by atoms with Gasteiger partial charge in [-0.15, -0.1) is 0 Å². The van der Waals surface area contributed by atoms with Crippen molar-refractivity contribution in [1.82, 2.24) is 15.2 Å². The molecule has 6 heteroatoms. The summed E-state index contributed by atoms with van der Waals surface area (Å²) in [6, 6.07) is 28.4. The van der Waals surface area contributed by atoms with Crippen molar-refractivity contribution in [3.8, 4) is 11.3 Å². The molecule has 1 amide bonds. The summed E-state index contributed by atoms with van der Waals surface area (Å²) in [7, 11) is 1.74. The van der Waals surface area contributed by atoms with Crippen molar-refractivity contribution in [2.45, 2.75) is 44.9 Å². The number of amides is 1. The Hall–Kier alpha value is -3.58. The number of hydrogen-bond acceptors (Lipinski definition) is 5. The zero-order valence-corrected chi connectivity index (χ0v) is 23.5. The van der Waals surface area contributed by atoms with Crippen LogP contribution < -0.4 is 5.32 Å². The second kappa shape index (κ2) is 13.7. The number of hydrogen-bond donors (Lipinski definition) is 1. The predicted octanol–water partition coefficient (Wildman–Crippen LogP) is 6.41. The van der Waals surface area contributed by atoms with Crippen molar-refractivity contribution >= 4 is 16.8 Å². The molecule has 2 heterocycles. The van der Waals surface area contributed by atoms with Crippen LogP contribution in [0.1, 0.15) is 53.7 Å². The fraction of sp³-hybridized carbons (Fsp3) is 0.353. The molecule has 2 atom stereocenters. The Morgan fingerprint density at radius 1 is 1.02 bits per heavy atom. The lowest BCUT2D eigenvalue weighted by molar-refractivity contribution is 0.0557. The molecule has 1 fully saturated rings. The maximum absolute atomic E-state index is 14.2. The Morgan fingerprint density at radius 2 is 1.75 bits per heavy atom. The van der Waals surface area contributed by atoms with E-state index in [9.17, 15) is 4.79 Å².